The summed E-state index contributed by atoms with van der Waals surface area (Å²) in [6.45, 7) is 7.89. The van der Waals surface area contributed by atoms with Gasteiger partial charge < -0.3 is 19.3 Å². The number of hydrogen-bond acceptors (Lipinski definition) is 8. The van der Waals surface area contributed by atoms with Crippen molar-refractivity contribution in [2.45, 2.75) is 46.1 Å². The standard InChI is InChI=1S/C28H29NO7S/c1-16-17(2)25-21(18(3)24(16)35-23(31)6-5-13-30)11-12-28(4,36-25)15-34-20-9-7-19(8-10-20)14-22-26(32)29-27(33)37-22/h5-10,14,30H,11-13,15H2,1-4H3,(H,29,32,33)/b6-5+,22-14-. The zero-order valence-electron chi connectivity index (χ0n) is 21.2. The molecule has 9 heteroatoms. The molecule has 2 N–H and O–H groups in total. The molecule has 2 aliphatic rings. The van der Waals surface area contributed by atoms with Crippen molar-refractivity contribution < 1.29 is 33.7 Å². The number of benzene rings is 2. The fourth-order valence-corrected chi connectivity index (χ4v) is 4.97. The summed E-state index contributed by atoms with van der Waals surface area (Å²) in [5, 5.41) is 10.8. The Bertz CT molecular complexity index is 1310. The van der Waals surface area contributed by atoms with Gasteiger partial charge in [-0.2, -0.15) is 0 Å². The minimum atomic E-state index is -0.557. The third-order valence-corrected chi connectivity index (χ3v) is 7.30. The number of rotatable bonds is 7. The maximum atomic E-state index is 12.1. The zero-order valence-corrected chi connectivity index (χ0v) is 22.0. The predicted molar refractivity (Wildman–Crippen MR) is 141 cm³/mol. The minimum Gasteiger partial charge on any atom is -0.489 e. The van der Waals surface area contributed by atoms with Gasteiger partial charge in [0, 0.05) is 11.6 Å². The first-order chi connectivity index (χ1) is 17.6. The maximum absolute atomic E-state index is 12.1. The molecule has 0 bridgehead atoms. The van der Waals surface area contributed by atoms with Gasteiger partial charge in [0.1, 0.15) is 29.5 Å². The van der Waals surface area contributed by atoms with Crippen LogP contribution >= 0.6 is 11.8 Å². The number of ether oxygens (including phenoxy) is 3. The van der Waals surface area contributed by atoms with Crippen LogP contribution in [0.25, 0.3) is 6.08 Å². The molecule has 0 aliphatic carbocycles. The number of thioether (sulfide) groups is 1. The molecular weight excluding hydrogens is 494 g/mol. The van der Waals surface area contributed by atoms with Gasteiger partial charge >= 0.3 is 5.97 Å². The van der Waals surface area contributed by atoms with Crippen molar-refractivity contribution in [3.05, 3.63) is 69.1 Å². The van der Waals surface area contributed by atoms with Crippen molar-refractivity contribution in [2.75, 3.05) is 13.2 Å². The van der Waals surface area contributed by atoms with E-state index in [9.17, 15) is 14.4 Å². The highest BCUT2D eigenvalue weighted by molar-refractivity contribution is 8.18. The number of hydrogen-bond donors (Lipinski definition) is 2. The van der Waals surface area contributed by atoms with Crippen LogP contribution in [-0.2, 0) is 16.0 Å². The van der Waals surface area contributed by atoms with Crippen LogP contribution in [0.15, 0.2) is 41.3 Å². The first kappa shape index (κ1) is 26.5. The van der Waals surface area contributed by atoms with E-state index in [1.54, 1.807) is 6.08 Å². The van der Waals surface area contributed by atoms with Gasteiger partial charge in [-0.1, -0.05) is 18.2 Å². The van der Waals surface area contributed by atoms with Gasteiger partial charge in [-0.05, 0) is 92.8 Å². The number of carbonyl (C=O) groups is 3. The van der Waals surface area contributed by atoms with Crippen molar-refractivity contribution >= 4 is 35.0 Å². The Hall–Kier alpha value is -3.56. The number of imide groups is 1. The molecule has 2 aromatic carbocycles. The molecule has 0 radical (unpaired) electrons. The summed E-state index contributed by atoms with van der Waals surface area (Å²) in [4.78, 5) is 35.5. The number of aliphatic hydroxyl groups excluding tert-OH is 1. The zero-order chi connectivity index (χ0) is 26.7. The van der Waals surface area contributed by atoms with E-state index in [-0.39, 0.29) is 17.8 Å². The molecule has 8 nitrogen and oxygen atoms in total. The quantitative estimate of drug-likeness (QED) is 0.309. The summed E-state index contributed by atoms with van der Waals surface area (Å²) in [7, 11) is 0. The summed E-state index contributed by atoms with van der Waals surface area (Å²) < 4.78 is 18.1. The topological polar surface area (TPSA) is 111 Å². The second-order valence-electron chi connectivity index (χ2n) is 9.28. The van der Waals surface area contributed by atoms with E-state index >= 15 is 0 Å². The molecule has 1 atom stereocenters. The molecule has 2 aliphatic heterocycles. The third-order valence-electron chi connectivity index (χ3n) is 6.49. The van der Waals surface area contributed by atoms with E-state index in [1.165, 1.54) is 12.2 Å². The molecule has 194 valence electrons. The van der Waals surface area contributed by atoms with Crippen molar-refractivity contribution in [2.24, 2.45) is 0 Å². The summed E-state index contributed by atoms with van der Waals surface area (Å²) in [6, 6.07) is 7.29. The van der Waals surface area contributed by atoms with E-state index in [4.69, 9.17) is 19.3 Å². The summed E-state index contributed by atoms with van der Waals surface area (Å²) in [5.41, 5.74) is 3.85. The van der Waals surface area contributed by atoms with Crippen LogP contribution in [0.3, 0.4) is 0 Å². The van der Waals surface area contributed by atoms with Crippen LogP contribution < -0.4 is 19.5 Å². The fourth-order valence-electron chi connectivity index (χ4n) is 4.29. The van der Waals surface area contributed by atoms with Gasteiger partial charge in [0.25, 0.3) is 11.1 Å². The van der Waals surface area contributed by atoms with Crippen molar-refractivity contribution in [1.29, 1.82) is 0 Å². The van der Waals surface area contributed by atoms with E-state index < -0.39 is 11.6 Å². The summed E-state index contributed by atoms with van der Waals surface area (Å²) >= 11 is 0.882. The SMILES string of the molecule is Cc1c(C)c2c(c(C)c1OC(=O)/C=C/CO)CCC(C)(COc1ccc(/C=C3\SC(=O)NC3=O)cc1)O2. The minimum absolute atomic E-state index is 0.229. The van der Waals surface area contributed by atoms with Gasteiger partial charge in [0.05, 0.1) is 11.5 Å². The molecule has 1 unspecified atom stereocenters. The highest BCUT2D eigenvalue weighted by atomic mass is 32.2. The lowest BCUT2D eigenvalue weighted by Crippen LogP contribution is -2.42. The highest BCUT2D eigenvalue weighted by Gasteiger charge is 2.36. The van der Waals surface area contributed by atoms with E-state index in [0.717, 1.165) is 51.7 Å². The van der Waals surface area contributed by atoms with E-state index in [0.29, 0.717) is 29.4 Å². The monoisotopic (exact) mass is 523 g/mol. The Morgan fingerprint density at radius 3 is 2.54 bits per heavy atom. The molecular formula is C28H29NO7S. The average molecular weight is 524 g/mol. The lowest BCUT2D eigenvalue weighted by Gasteiger charge is -2.37. The third kappa shape index (κ3) is 5.89. The van der Waals surface area contributed by atoms with Crippen LogP contribution in [0.2, 0.25) is 0 Å². The van der Waals surface area contributed by atoms with Crippen molar-refractivity contribution in [1.82, 2.24) is 5.32 Å². The normalized spacial score (nSPS) is 20.1. The molecule has 0 spiro atoms. The Balaban J connectivity index is 1.45. The second kappa shape index (κ2) is 10.8. The number of carbonyl (C=O) groups excluding carboxylic acids is 3. The van der Waals surface area contributed by atoms with Gasteiger partial charge in [-0.25, -0.2) is 4.79 Å². The first-order valence-electron chi connectivity index (χ1n) is 11.9. The second-order valence-corrected chi connectivity index (χ2v) is 10.3. The number of nitrogens with one attached hydrogen (secondary N) is 1. The maximum Gasteiger partial charge on any atom is 0.335 e. The van der Waals surface area contributed by atoms with Gasteiger partial charge in [0.2, 0.25) is 0 Å². The van der Waals surface area contributed by atoms with Crippen LogP contribution in [0.1, 0.15) is 41.2 Å². The van der Waals surface area contributed by atoms with Crippen LogP contribution in [0.5, 0.6) is 17.2 Å². The first-order valence-corrected chi connectivity index (χ1v) is 12.7. The molecule has 0 aromatic heterocycles. The average Bonchev–Trinajstić information content (AvgIpc) is 3.19. The lowest BCUT2D eigenvalue weighted by atomic mass is 9.87. The van der Waals surface area contributed by atoms with Crippen LogP contribution in [0, 0.1) is 20.8 Å². The number of amides is 2. The number of esters is 1. The molecule has 0 saturated carbocycles. The lowest BCUT2D eigenvalue weighted by molar-refractivity contribution is -0.129. The van der Waals surface area contributed by atoms with Gasteiger partial charge in [-0.3, -0.25) is 14.9 Å². The number of fused-ring (bicyclic) bond motifs is 1. The summed E-state index contributed by atoms with van der Waals surface area (Å²) in [6.07, 6.45) is 5.68. The highest BCUT2D eigenvalue weighted by Crippen LogP contribution is 2.44. The largest absolute Gasteiger partial charge is 0.489 e. The van der Waals surface area contributed by atoms with Crippen molar-refractivity contribution in [3.63, 3.8) is 0 Å². The van der Waals surface area contributed by atoms with Crippen molar-refractivity contribution in [3.8, 4) is 17.2 Å². The predicted octanol–water partition coefficient (Wildman–Crippen LogP) is 4.55. The molecule has 4 rings (SSSR count). The molecule has 2 amide bonds. The van der Waals surface area contributed by atoms with Gasteiger partial charge in [0.15, 0.2) is 0 Å². The Labute approximate surface area is 219 Å². The fraction of sp³-hybridized carbons (Fsp3) is 0.321. The van der Waals surface area contributed by atoms with Crippen LogP contribution in [0.4, 0.5) is 4.79 Å². The smallest absolute Gasteiger partial charge is 0.335 e. The molecule has 37 heavy (non-hydrogen) atoms. The molecule has 1 saturated heterocycles. The van der Waals surface area contributed by atoms with E-state index in [1.807, 2.05) is 52.0 Å². The van der Waals surface area contributed by atoms with E-state index in [2.05, 4.69) is 5.32 Å². The number of aliphatic hydroxyl groups is 1. The molecule has 1 fully saturated rings. The molecule has 2 aromatic rings. The molecule has 2 heterocycles. The van der Waals surface area contributed by atoms with Crippen LogP contribution in [-0.4, -0.2) is 41.0 Å². The Kier molecular flexibility index (Phi) is 7.75. The Morgan fingerprint density at radius 1 is 1.16 bits per heavy atom. The Morgan fingerprint density at radius 2 is 1.89 bits per heavy atom. The van der Waals surface area contributed by atoms with Gasteiger partial charge in [-0.15, -0.1) is 0 Å². The summed E-state index contributed by atoms with van der Waals surface area (Å²) in [5.74, 6) is 1.07.